The zero-order valence-electron chi connectivity index (χ0n) is 10.0. The summed E-state index contributed by atoms with van der Waals surface area (Å²) in [6.45, 7) is 4.36. The topological polar surface area (TPSA) is 0 Å². The van der Waals surface area contributed by atoms with Crippen LogP contribution in [0.15, 0.2) is 48.5 Å². The summed E-state index contributed by atoms with van der Waals surface area (Å²) in [4.78, 5) is 1.40. The molecule has 0 atom stereocenters. The van der Waals surface area contributed by atoms with Crippen molar-refractivity contribution in [1.82, 2.24) is 0 Å². The maximum absolute atomic E-state index is 2.28. The van der Waals surface area contributed by atoms with Gasteiger partial charge in [0, 0.05) is 20.5 Å². The van der Waals surface area contributed by atoms with Crippen molar-refractivity contribution in [3.63, 3.8) is 0 Å². The van der Waals surface area contributed by atoms with Crippen LogP contribution in [0.4, 0.5) is 0 Å². The summed E-state index contributed by atoms with van der Waals surface area (Å²) in [7, 11) is 0. The van der Waals surface area contributed by atoms with Crippen molar-refractivity contribution in [3.05, 3.63) is 59.0 Å². The van der Waals surface area contributed by atoms with Gasteiger partial charge in [0.1, 0.15) is 0 Å². The molecule has 84 valence electrons. The fraction of sp³-hybridized carbons (Fsp3) is 0.125. The van der Waals surface area contributed by atoms with Gasteiger partial charge < -0.3 is 0 Å². The highest BCUT2D eigenvalue weighted by Gasteiger charge is 2.10. The molecule has 0 saturated heterocycles. The minimum atomic E-state index is 1.32. The molecule has 0 N–H and O–H groups in total. The lowest BCUT2D eigenvalue weighted by atomic mass is 10.0. The Morgan fingerprint density at radius 2 is 1.65 bits per heavy atom. The average molecular weight is 238 g/mol. The van der Waals surface area contributed by atoms with Crippen molar-refractivity contribution in [1.29, 1.82) is 0 Å². The third-order valence-corrected chi connectivity index (χ3v) is 4.15. The highest BCUT2D eigenvalue weighted by Crippen LogP contribution is 2.38. The molecule has 0 aliphatic carbocycles. The zero-order valence-corrected chi connectivity index (χ0v) is 10.8. The van der Waals surface area contributed by atoms with Gasteiger partial charge >= 0.3 is 0 Å². The first-order chi connectivity index (χ1) is 8.25. The van der Waals surface area contributed by atoms with E-state index in [2.05, 4.69) is 62.4 Å². The summed E-state index contributed by atoms with van der Waals surface area (Å²) in [5.41, 5.74) is 4.05. The summed E-state index contributed by atoms with van der Waals surface area (Å²) >= 11 is 1.89. The predicted molar refractivity (Wildman–Crippen MR) is 76.7 cm³/mol. The molecule has 0 amide bonds. The lowest BCUT2D eigenvalue weighted by molar-refractivity contribution is 1.51. The first kappa shape index (κ1) is 10.5. The molecule has 0 radical (unpaired) electrons. The molecule has 17 heavy (non-hydrogen) atoms. The van der Waals surface area contributed by atoms with Crippen LogP contribution in [0.3, 0.4) is 0 Å². The van der Waals surface area contributed by atoms with Crippen LogP contribution < -0.4 is 0 Å². The maximum Gasteiger partial charge on any atom is 0.0354 e. The first-order valence-corrected chi connectivity index (χ1v) is 6.62. The van der Waals surface area contributed by atoms with Crippen LogP contribution in [0.25, 0.3) is 21.2 Å². The van der Waals surface area contributed by atoms with Gasteiger partial charge in [-0.15, -0.1) is 11.3 Å². The molecule has 0 nitrogen and oxygen atoms in total. The van der Waals surface area contributed by atoms with E-state index in [9.17, 15) is 0 Å². The molecule has 0 bridgehead atoms. The Balaban J connectivity index is 2.33. The molecule has 3 rings (SSSR count). The van der Waals surface area contributed by atoms with E-state index in [1.165, 1.54) is 31.7 Å². The second-order valence-electron chi connectivity index (χ2n) is 4.40. The van der Waals surface area contributed by atoms with E-state index in [4.69, 9.17) is 0 Å². The zero-order chi connectivity index (χ0) is 11.8. The van der Waals surface area contributed by atoms with Crippen molar-refractivity contribution in [2.75, 3.05) is 0 Å². The fourth-order valence-corrected chi connectivity index (χ4v) is 3.47. The molecule has 3 aromatic rings. The minimum absolute atomic E-state index is 1.32. The molecule has 0 fully saturated rings. The highest BCUT2D eigenvalue weighted by atomic mass is 32.1. The largest absolute Gasteiger partial charge is 0.140 e. The number of aryl methyl sites for hydroxylation is 2. The Bertz CT molecular complexity index is 663. The number of rotatable bonds is 1. The molecule has 0 aliphatic rings. The summed E-state index contributed by atoms with van der Waals surface area (Å²) in [6, 6.07) is 17.4. The van der Waals surface area contributed by atoms with Gasteiger partial charge in [0.2, 0.25) is 0 Å². The van der Waals surface area contributed by atoms with Crippen LogP contribution in [0, 0.1) is 13.8 Å². The van der Waals surface area contributed by atoms with Gasteiger partial charge in [-0.25, -0.2) is 0 Å². The van der Waals surface area contributed by atoms with Crippen LogP contribution in [0.5, 0.6) is 0 Å². The van der Waals surface area contributed by atoms with Gasteiger partial charge in [-0.3, -0.25) is 0 Å². The first-order valence-electron chi connectivity index (χ1n) is 5.81. The number of thiophene rings is 1. The highest BCUT2D eigenvalue weighted by molar-refractivity contribution is 7.19. The van der Waals surface area contributed by atoms with E-state index in [-0.39, 0.29) is 0 Å². The van der Waals surface area contributed by atoms with Crippen LogP contribution >= 0.6 is 11.3 Å². The Morgan fingerprint density at radius 3 is 2.41 bits per heavy atom. The third kappa shape index (κ3) is 1.77. The second-order valence-corrected chi connectivity index (χ2v) is 5.66. The van der Waals surface area contributed by atoms with Crippen molar-refractivity contribution in [2.24, 2.45) is 0 Å². The molecule has 1 heterocycles. The minimum Gasteiger partial charge on any atom is -0.140 e. The molecule has 0 saturated carbocycles. The number of fused-ring (bicyclic) bond motifs is 1. The Labute approximate surface area is 106 Å². The summed E-state index contributed by atoms with van der Waals surface area (Å²) < 4.78 is 1.39. The smallest absolute Gasteiger partial charge is 0.0354 e. The molecule has 1 heteroatoms. The molecular formula is C16H14S. The molecular weight excluding hydrogens is 224 g/mol. The van der Waals surface area contributed by atoms with Crippen molar-refractivity contribution >= 4 is 21.4 Å². The second kappa shape index (κ2) is 4.01. The molecule has 1 aromatic heterocycles. The lowest BCUT2D eigenvalue weighted by Crippen LogP contribution is -1.77. The predicted octanol–water partition coefficient (Wildman–Crippen LogP) is 5.19. The van der Waals surface area contributed by atoms with E-state index in [0.717, 1.165) is 0 Å². The molecule has 0 aliphatic heterocycles. The van der Waals surface area contributed by atoms with E-state index in [1.807, 2.05) is 11.3 Å². The Kier molecular flexibility index (Phi) is 2.49. The molecule has 2 aromatic carbocycles. The quantitative estimate of drug-likeness (QED) is 0.547. The normalized spacial score (nSPS) is 10.9. The lowest BCUT2D eigenvalue weighted by Gasteiger charge is -2.01. The SMILES string of the molecule is Cc1ccc2c(-c3ccccc3)c(C)sc2c1. The standard InChI is InChI=1S/C16H14S/c1-11-8-9-14-15(10-11)17-12(2)16(14)13-6-4-3-5-7-13/h3-10H,1-2H3. The van der Waals surface area contributed by atoms with Gasteiger partial charge in [-0.1, -0.05) is 42.5 Å². The van der Waals surface area contributed by atoms with Crippen molar-refractivity contribution < 1.29 is 0 Å². The van der Waals surface area contributed by atoms with Gasteiger partial charge in [0.15, 0.2) is 0 Å². The summed E-state index contributed by atoms with van der Waals surface area (Å²) in [5.74, 6) is 0. The summed E-state index contributed by atoms with van der Waals surface area (Å²) in [6.07, 6.45) is 0. The van der Waals surface area contributed by atoms with Crippen molar-refractivity contribution in [2.45, 2.75) is 13.8 Å². The monoisotopic (exact) mass is 238 g/mol. The van der Waals surface area contributed by atoms with Crippen LogP contribution in [0.1, 0.15) is 10.4 Å². The summed E-state index contributed by atoms with van der Waals surface area (Å²) in [5, 5.41) is 1.38. The molecule has 0 spiro atoms. The van der Waals surface area contributed by atoms with Gasteiger partial charge in [-0.2, -0.15) is 0 Å². The van der Waals surface area contributed by atoms with Crippen LogP contribution in [-0.4, -0.2) is 0 Å². The van der Waals surface area contributed by atoms with E-state index >= 15 is 0 Å². The fourth-order valence-electron chi connectivity index (χ4n) is 2.29. The van der Waals surface area contributed by atoms with E-state index < -0.39 is 0 Å². The number of hydrogen-bond acceptors (Lipinski definition) is 1. The van der Waals surface area contributed by atoms with Gasteiger partial charge in [-0.05, 0) is 31.0 Å². The Morgan fingerprint density at radius 1 is 0.882 bits per heavy atom. The van der Waals surface area contributed by atoms with Gasteiger partial charge in [0.05, 0.1) is 0 Å². The third-order valence-electron chi connectivity index (χ3n) is 3.08. The van der Waals surface area contributed by atoms with Gasteiger partial charge in [0.25, 0.3) is 0 Å². The molecule has 0 unspecified atom stereocenters. The maximum atomic E-state index is 2.28. The van der Waals surface area contributed by atoms with Crippen LogP contribution in [-0.2, 0) is 0 Å². The van der Waals surface area contributed by atoms with E-state index in [1.54, 1.807) is 0 Å². The van der Waals surface area contributed by atoms with E-state index in [0.29, 0.717) is 0 Å². The number of benzene rings is 2. The average Bonchev–Trinajstić information content (AvgIpc) is 2.65. The number of hydrogen-bond donors (Lipinski definition) is 0. The van der Waals surface area contributed by atoms with Crippen LogP contribution in [0.2, 0.25) is 0 Å². The van der Waals surface area contributed by atoms with Crippen molar-refractivity contribution in [3.8, 4) is 11.1 Å². The Hall–Kier alpha value is -1.60.